The Morgan fingerprint density at radius 2 is 2.12 bits per heavy atom. The lowest BCUT2D eigenvalue weighted by Crippen LogP contribution is -2.38. The smallest absolute Gasteiger partial charge is 0.223 e. The summed E-state index contributed by atoms with van der Waals surface area (Å²) in [6, 6.07) is 0. The second-order valence-electron chi connectivity index (χ2n) is 4.35. The molecule has 0 bridgehead atoms. The Morgan fingerprint density at radius 3 is 2.71 bits per heavy atom. The highest BCUT2D eigenvalue weighted by Crippen LogP contribution is 2.30. The second kappa shape index (κ2) is 6.32. The molecule has 0 radical (unpaired) electrons. The van der Waals surface area contributed by atoms with Gasteiger partial charge in [-0.3, -0.25) is 4.79 Å². The molecule has 0 saturated heterocycles. The predicted molar refractivity (Wildman–Crippen MR) is 65.7 cm³/mol. The highest BCUT2D eigenvalue weighted by molar-refractivity contribution is 7.89. The molecular formula is C10H21N3O3S. The fraction of sp³-hybridized carbons (Fsp3) is 0.900. The van der Waals surface area contributed by atoms with E-state index >= 15 is 0 Å². The molecule has 0 aromatic carbocycles. The Hall–Kier alpha value is -0.660. The maximum Gasteiger partial charge on any atom is 0.223 e. The Kier molecular flexibility index (Phi) is 5.35. The molecule has 1 fully saturated rings. The van der Waals surface area contributed by atoms with Gasteiger partial charge in [0, 0.05) is 12.5 Å². The molecule has 0 spiro atoms. The largest absolute Gasteiger partial charge is 0.355 e. The third-order valence-electron chi connectivity index (χ3n) is 3.28. The van der Waals surface area contributed by atoms with Crippen LogP contribution >= 0.6 is 0 Å². The number of carbonyl (C=O) groups is 1. The van der Waals surface area contributed by atoms with E-state index in [9.17, 15) is 13.2 Å². The van der Waals surface area contributed by atoms with Gasteiger partial charge in [0.2, 0.25) is 15.9 Å². The van der Waals surface area contributed by atoms with Crippen LogP contribution < -0.4 is 15.8 Å². The molecule has 2 unspecified atom stereocenters. The number of amides is 1. The molecule has 1 aliphatic carbocycles. The summed E-state index contributed by atoms with van der Waals surface area (Å²) in [7, 11) is -1.89. The van der Waals surface area contributed by atoms with Gasteiger partial charge in [-0.25, -0.2) is 13.1 Å². The Bertz CT molecular complexity index is 356. The number of nitrogens with two attached hydrogens (primary N) is 1. The molecule has 0 aliphatic heterocycles. The van der Waals surface area contributed by atoms with Gasteiger partial charge in [-0.05, 0) is 32.4 Å². The molecule has 6 nitrogen and oxygen atoms in total. The number of carbonyl (C=O) groups excluding carboxylic acids is 1. The maximum absolute atomic E-state index is 11.8. The Labute approximate surface area is 102 Å². The van der Waals surface area contributed by atoms with Crippen LogP contribution in [0.15, 0.2) is 0 Å². The van der Waals surface area contributed by atoms with Crippen molar-refractivity contribution in [3.63, 3.8) is 0 Å². The fourth-order valence-electron chi connectivity index (χ4n) is 2.21. The first-order chi connectivity index (χ1) is 8.00. The van der Waals surface area contributed by atoms with Crippen molar-refractivity contribution in [2.24, 2.45) is 17.6 Å². The lowest BCUT2D eigenvalue weighted by molar-refractivity contribution is -0.125. The van der Waals surface area contributed by atoms with Crippen molar-refractivity contribution in [3.8, 4) is 0 Å². The molecule has 17 heavy (non-hydrogen) atoms. The monoisotopic (exact) mass is 263 g/mol. The van der Waals surface area contributed by atoms with Crippen LogP contribution in [-0.2, 0) is 14.8 Å². The van der Waals surface area contributed by atoms with Crippen LogP contribution in [0.3, 0.4) is 0 Å². The van der Waals surface area contributed by atoms with Crippen molar-refractivity contribution in [1.29, 1.82) is 0 Å². The van der Waals surface area contributed by atoms with Gasteiger partial charge in [0.15, 0.2) is 0 Å². The summed E-state index contributed by atoms with van der Waals surface area (Å²) >= 11 is 0. The molecule has 100 valence electrons. The Morgan fingerprint density at radius 1 is 1.41 bits per heavy atom. The zero-order valence-electron chi connectivity index (χ0n) is 10.1. The van der Waals surface area contributed by atoms with Crippen LogP contribution in [0.25, 0.3) is 0 Å². The van der Waals surface area contributed by atoms with Crippen LogP contribution in [0, 0.1) is 11.8 Å². The first-order valence-corrected chi connectivity index (χ1v) is 7.54. The van der Waals surface area contributed by atoms with Crippen LogP contribution in [0.2, 0.25) is 0 Å². The van der Waals surface area contributed by atoms with E-state index in [-0.39, 0.29) is 30.0 Å². The molecule has 1 rings (SSSR count). The summed E-state index contributed by atoms with van der Waals surface area (Å²) in [5.74, 6) is 0.0485. The van der Waals surface area contributed by atoms with Gasteiger partial charge in [0.1, 0.15) is 0 Å². The van der Waals surface area contributed by atoms with E-state index in [1.807, 2.05) is 0 Å². The summed E-state index contributed by atoms with van der Waals surface area (Å²) in [4.78, 5) is 11.8. The SMILES string of the molecule is CNS(=O)(=O)CCNC(=O)C1CCCC1CN. The van der Waals surface area contributed by atoms with Crippen molar-refractivity contribution < 1.29 is 13.2 Å². The van der Waals surface area contributed by atoms with Crippen molar-refractivity contribution in [2.45, 2.75) is 19.3 Å². The summed E-state index contributed by atoms with van der Waals surface area (Å²) < 4.78 is 24.5. The van der Waals surface area contributed by atoms with Crippen molar-refractivity contribution in [2.75, 3.05) is 25.9 Å². The van der Waals surface area contributed by atoms with Crippen LogP contribution in [0.4, 0.5) is 0 Å². The Balaban J connectivity index is 2.35. The molecule has 4 N–H and O–H groups in total. The zero-order valence-corrected chi connectivity index (χ0v) is 10.9. The van der Waals surface area contributed by atoms with E-state index in [4.69, 9.17) is 5.73 Å². The third kappa shape index (κ3) is 4.25. The molecule has 2 atom stereocenters. The molecular weight excluding hydrogens is 242 g/mol. The lowest BCUT2D eigenvalue weighted by Gasteiger charge is -2.17. The summed E-state index contributed by atoms with van der Waals surface area (Å²) in [6.07, 6.45) is 2.87. The highest BCUT2D eigenvalue weighted by Gasteiger charge is 2.31. The molecule has 0 aromatic heterocycles. The first kappa shape index (κ1) is 14.4. The minimum atomic E-state index is -3.25. The highest BCUT2D eigenvalue weighted by atomic mass is 32.2. The van der Waals surface area contributed by atoms with E-state index in [0.717, 1.165) is 19.3 Å². The van der Waals surface area contributed by atoms with Gasteiger partial charge in [-0.15, -0.1) is 0 Å². The van der Waals surface area contributed by atoms with Crippen molar-refractivity contribution in [1.82, 2.24) is 10.0 Å². The van der Waals surface area contributed by atoms with Gasteiger partial charge in [0.25, 0.3) is 0 Å². The zero-order chi connectivity index (χ0) is 12.9. The summed E-state index contributed by atoms with van der Waals surface area (Å²) in [5.41, 5.74) is 5.60. The van der Waals surface area contributed by atoms with Gasteiger partial charge < -0.3 is 11.1 Å². The minimum absolute atomic E-state index is 0.0442. The third-order valence-corrected chi connectivity index (χ3v) is 4.64. The summed E-state index contributed by atoms with van der Waals surface area (Å²) in [6.45, 7) is 0.669. The van der Waals surface area contributed by atoms with Crippen molar-refractivity contribution >= 4 is 15.9 Å². The second-order valence-corrected chi connectivity index (χ2v) is 6.39. The van der Waals surface area contributed by atoms with E-state index < -0.39 is 10.0 Å². The van der Waals surface area contributed by atoms with Crippen LogP contribution in [0.5, 0.6) is 0 Å². The van der Waals surface area contributed by atoms with Gasteiger partial charge in [-0.2, -0.15) is 0 Å². The number of hydrogen-bond acceptors (Lipinski definition) is 4. The average Bonchev–Trinajstić information content (AvgIpc) is 2.76. The van der Waals surface area contributed by atoms with Gasteiger partial charge in [-0.1, -0.05) is 6.42 Å². The number of rotatable bonds is 6. The van der Waals surface area contributed by atoms with E-state index in [2.05, 4.69) is 10.0 Å². The van der Waals surface area contributed by atoms with E-state index in [1.165, 1.54) is 7.05 Å². The van der Waals surface area contributed by atoms with Crippen molar-refractivity contribution in [3.05, 3.63) is 0 Å². The van der Waals surface area contributed by atoms with Gasteiger partial charge in [0.05, 0.1) is 5.75 Å². The first-order valence-electron chi connectivity index (χ1n) is 5.89. The quantitative estimate of drug-likeness (QED) is 0.573. The summed E-state index contributed by atoms with van der Waals surface area (Å²) in [5, 5.41) is 2.67. The van der Waals surface area contributed by atoms with Crippen LogP contribution in [0.1, 0.15) is 19.3 Å². The van der Waals surface area contributed by atoms with E-state index in [1.54, 1.807) is 0 Å². The molecule has 1 saturated carbocycles. The number of sulfonamides is 1. The molecule has 0 aromatic rings. The fourth-order valence-corrected chi connectivity index (χ4v) is 2.78. The van der Waals surface area contributed by atoms with E-state index in [0.29, 0.717) is 6.54 Å². The molecule has 0 heterocycles. The molecule has 1 aliphatic rings. The normalized spacial score (nSPS) is 24.8. The maximum atomic E-state index is 11.8. The number of hydrogen-bond donors (Lipinski definition) is 3. The average molecular weight is 263 g/mol. The minimum Gasteiger partial charge on any atom is -0.355 e. The molecule has 1 amide bonds. The topological polar surface area (TPSA) is 101 Å². The van der Waals surface area contributed by atoms with Gasteiger partial charge >= 0.3 is 0 Å². The van der Waals surface area contributed by atoms with Crippen LogP contribution in [-0.4, -0.2) is 40.2 Å². The predicted octanol–water partition coefficient (Wildman–Crippen LogP) is -0.973. The standard InChI is InChI=1S/C10H21N3O3S/c1-12-17(15,16)6-5-13-10(14)9-4-2-3-8(9)7-11/h8-9,12H,2-7,11H2,1H3,(H,13,14). The number of nitrogens with one attached hydrogen (secondary N) is 2. The lowest BCUT2D eigenvalue weighted by atomic mass is 9.95. The molecule has 7 heteroatoms.